The quantitative estimate of drug-likeness (QED) is 0.806. The first-order valence-corrected chi connectivity index (χ1v) is 7.83. The van der Waals surface area contributed by atoms with Gasteiger partial charge in [-0.3, -0.25) is 4.90 Å². The number of nitrogens with zero attached hydrogens (tertiary/aromatic N) is 1. The molecule has 1 aliphatic carbocycles. The average Bonchev–Trinajstić information content (AvgIpc) is 2.33. The van der Waals surface area contributed by atoms with Gasteiger partial charge in [-0.05, 0) is 19.8 Å². The molecule has 2 rings (SSSR count). The fourth-order valence-electron chi connectivity index (χ4n) is 3.42. The summed E-state index contributed by atoms with van der Waals surface area (Å²) in [7, 11) is 0. The van der Waals surface area contributed by atoms with E-state index >= 15 is 0 Å². The zero-order chi connectivity index (χ0) is 11.6. The third-order valence-electron chi connectivity index (χ3n) is 4.66. The topological polar surface area (TPSA) is 29.3 Å². The molecule has 2 aliphatic rings. The van der Waals surface area contributed by atoms with E-state index in [-0.39, 0.29) is 0 Å². The van der Waals surface area contributed by atoms with Gasteiger partial charge in [-0.15, -0.1) is 0 Å². The van der Waals surface area contributed by atoms with Gasteiger partial charge in [0.2, 0.25) is 0 Å². The Hall–Kier alpha value is 0.270. The minimum atomic E-state index is 0.340. The zero-order valence-electron chi connectivity index (χ0n) is 10.7. The Kier molecular flexibility index (Phi) is 4.20. The third-order valence-corrected chi connectivity index (χ3v) is 6.00. The molecule has 0 aromatic heterocycles. The minimum absolute atomic E-state index is 0.340. The van der Waals surface area contributed by atoms with E-state index in [9.17, 15) is 0 Å². The summed E-state index contributed by atoms with van der Waals surface area (Å²) >= 11 is 2.12. The van der Waals surface area contributed by atoms with E-state index in [0.29, 0.717) is 11.6 Å². The number of thioether (sulfide) groups is 1. The molecule has 16 heavy (non-hydrogen) atoms. The summed E-state index contributed by atoms with van der Waals surface area (Å²) < 4.78 is 0. The van der Waals surface area contributed by atoms with Gasteiger partial charge < -0.3 is 5.73 Å². The zero-order valence-corrected chi connectivity index (χ0v) is 11.6. The first-order valence-electron chi connectivity index (χ1n) is 6.78. The van der Waals surface area contributed by atoms with E-state index < -0.39 is 0 Å². The Morgan fingerprint density at radius 2 is 1.94 bits per heavy atom. The van der Waals surface area contributed by atoms with E-state index in [1.54, 1.807) is 0 Å². The summed E-state index contributed by atoms with van der Waals surface area (Å²) in [4.78, 5) is 2.74. The number of rotatable bonds is 2. The maximum atomic E-state index is 6.13. The summed E-state index contributed by atoms with van der Waals surface area (Å²) in [6.07, 6.45) is 6.81. The molecule has 0 aromatic carbocycles. The average molecular weight is 242 g/mol. The van der Waals surface area contributed by atoms with E-state index in [1.807, 2.05) is 0 Å². The smallest absolute Gasteiger partial charge is 0.0335 e. The molecule has 1 saturated heterocycles. The summed E-state index contributed by atoms with van der Waals surface area (Å²) in [5.74, 6) is 1.28. The fraction of sp³-hybridized carbons (Fsp3) is 1.00. The molecule has 2 atom stereocenters. The molecular weight excluding hydrogens is 216 g/mol. The lowest BCUT2D eigenvalue weighted by atomic mass is 9.79. The van der Waals surface area contributed by atoms with Gasteiger partial charge in [0.25, 0.3) is 0 Å². The Morgan fingerprint density at radius 3 is 2.56 bits per heavy atom. The van der Waals surface area contributed by atoms with Crippen LogP contribution < -0.4 is 5.73 Å². The summed E-state index contributed by atoms with van der Waals surface area (Å²) in [6, 6.07) is 0.695. The maximum absolute atomic E-state index is 6.13. The number of hydrogen-bond acceptors (Lipinski definition) is 3. The van der Waals surface area contributed by atoms with Gasteiger partial charge in [0.15, 0.2) is 0 Å². The lowest BCUT2D eigenvalue weighted by Gasteiger charge is -2.52. The molecule has 94 valence electrons. The van der Waals surface area contributed by atoms with Crippen molar-refractivity contribution in [3.63, 3.8) is 0 Å². The molecule has 2 unspecified atom stereocenters. The van der Waals surface area contributed by atoms with Crippen LogP contribution in [0.3, 0.4) is 0 Å². The molecule has 2 nitrogen and oxygen atoms in total. The number of nitrogens with two attached hydrogens (primary N) is 1. The van der Waals surface area contributed by atoms with E-state index in [4.69, 9.17) is 5.73 Å². The molecule has 0 spiro atoms. The van der Waals surface area contributed by atoms with Crippen LogP contribution in [0.4, 0.5) is 0 Å². The summed E-state index contributed by atoms with van der Waals surface area (Å²) in [6.45, 7) is 6.86. The van der Waals surface area contributed by atoms with Gasteiger partial charge in [-0.1, -0.05) is 26.2 Å². The highest BCUT2D eigenvalue weighted by Crippen LogP contribution is 2.38. The molecule has 1 aliphatic heterocycles. The highest BCUT2D eigenvalue weighted by molar-refractivity contribution is 8.00. The highest BCUT2D eigenvalue weighted by Gasteiger charge is 2.41. The van der Waals surface area contributed by atoms with Crippen LogP contribution in [-0.4, -0.2) is 40.6 Å². The van der Waals surface area contributed by atoms with Gasteiger partial charge in [0.1, 0.15) is 0 Å². The van der Waals surface area contributed by atoms with Crippen molar-refractivity contribution < 1.29 is 0 Å². The van der Waals surface area contributed by atoms with Crippen molar-refractivity contribution in [2.75, 3.05) is 18.8 Å². The monoisotopic (exact) mass is 242 g/mol. The van der Waals surface area contributed by atoms with Crippen molar-refractivity contribution in [2.24, 2.45) is 5.73 Å². The first kappa shape index (κ1) is 12.7. The van der Waals surface area contributed by atoms with Gasteiger partial charge in [0, 0.05) is 35.7 Å². The molecule has 0 radical (unpaired) electrons. The number of hydrogen-bond donors (Lipinski definition) is 1. The Balaban J connectivity index is 2.12. The summed E-state index contributed by atoms with van der Waals surface area (Å²) in [5.41, 5.74) is 6.47. The van der Waals surface area contributed by atoms with Gasteiger partial charge in [-0.25, -0.2) is 0 Å². The first-order chi connectivity index (χ1) is 7.69. The standard InChI is InChI=1S/C13H26N2S/c1-11-12(2)16-9-8-15(11)13(10-14)6-4-3-5-7-13/h11-12H,3-10,14H2,1-2H3. The van der Waals surface area contributed by atoms with Crippen molar-refractivity contribution in [1.82, 2.24) is 4.90 Å². The Labute approximate surface area is 104 Å². The van der Waals surface area contributed by atoms with Crippen molar-refractivity contribution in [3.8, 4) is 0 Å². The second kappa shape index (κ2) is 5.28. The largest absolute Gasteiger partial charge is 0.329 e. The van der Waals surface area contributed by atoms with Crippen LogP contribution in [0.1, 0.15) is 46.0 Å². The van der Waals surface area contributed by atoms with Crippen molar-refractivity contribution in [3.05, 3.63) is 0 Å². The van der Waals surface area contributed by atoms with Gasteiger partial charge in [-0.2, -0.15) is 11.8 Å². The highest BCUT2D eigenvalue weighted by atomic mass is 32.2. The molecule has 2 fully saturated rings. The molecule has 0 aromatic rings. The van der Waals surface area contributed by atoms with Gasteiger partial charge in [0.05, 0.1) is 0 Å². The van der Waals surface area contributed by atoms with Gasteiger partial charge >= 0.3 is 0 Å². The van der Waals surface area contributed by atoms with Crippen LogP contribution >= 0.6 is 11.8 Å². The van der Waals surface area contributed by atoms with E-state index in [2.05, 4.69) is 30.5 Å². The van der Waals surface area contributed by atoms with Crippen LogP contribution in [0, 0.1) is 0 Å². The molecule has 0 amide bonds. The molecule has 1 heterocycles. The lowest BCUT2D eigenvalue weighted by Crippen LogP contribution is -2.62. The Bertz CT molecular complexity index is 226. The van der Waals surface area contributed by atoms with Crippen LogP contribution in [0.15, 0.2) is 0 Å². The normalized spacial score (nSPS) is 36.2. The predicted octanol–water partition coefficient (Wildman–Crippen LogP) is 2.47. The SMILES string of the molecule is CC1SCCN(C2(CN)CCCCC2)C1C. The third kappa shape index (κ3) is 2.27. The van der Waals surface area contributed by atoms with E-state index in [0.717, 1.165) is 11.8 Å². The maximum Gasteiger partial charge on any atom is 0.0335 e. The fourth-order valence-corrected chi connectivity index (χ4v) is 4.52. The van der Waals surface area contributed by atoms with Crippen LogP contribution in [0.2, 0.25) is 0 Å². The minimum Gasteiger partial charge on any atom is -0.329 e. The summed E-state index contributed by atoms with van der Waals surface area (Å²) in [5, 5.41) is 0.763. The van der Waals surface area contributed by atoms with E-state index in [1.165, 1.54) is 44.4 Å². The molecule has 1 saturated carbocycles. The molecule has 2 N–H and O–H groups in total. The van der Waals surface area contributed by atoms with Crippen molar-refractivity contribution in [2.45, 2.75) is 62.8 Å². The molecule has 3 heteroatoms. The van der Waals surface area contributed by atoms with Crippen molar-refractivity contribution >= 4 is 11.8 Å². The van der Waals surface area contributed by atoms with Crippen LogP contribution in [-0.2, 0) is 0 Å². The lowest BCUT2D eigenvalue weighted by molar-refractivity contribution is 0.0269. The van der Waals surface area contributed by atoms with Crippen LogP contribution in [0.25, 0.3) is 0 Å². The predicted molar refractivity (Wildman–Crippen MR) is 73.0 cm³/mol. The molecule has 0 bridgehead atoms. The van der Waals surface area contributed by atoms with Crippen LogP contribution in [0.5, 0.6) is 0 Å². The van der Waals surface area contributed by atoms with Crippen molar-refractivity contribution in [1.29, 1.82) is 0 Å². The Morgan fingerprint density at radius 1 is 1.25 bits per heavy atom. The molecular formula is C13H26N2S. The second-order valence-corrected chi connectivity index (χ2v) is 6.98. The second-order valence-electron chi connectivity index (χ2n) is 5.50.